The van der Waals surface area contributed by atoms with Crippen molar-refractivity contribution in [1.29, 1.82) is 0 Å². The summed E-state index contributed by atoms with van der Waals surface area (Å²) in [6.07, 6.45) is 10.1. The second-order valence-electron chi connectivity index (χ2n) is 9.69. The molecule has 0 spiro atoms. The van der Waals surface area contributed by atoms with Crippen LogP contribution in [0.4, 0.5) is 0 Å². The number of unbranched alkanes of at least 4 members (excludes halogenated alkanes) is 4. The molecule has 33 heavy (non-hydrogen) atoms. The summed E-state index contributed by atoms with van der Waals surface area (Å²) in [5, 5.41) is 8.27. The molecule has 0 radical (unpaired) electrons. The molecule has 0 aliphatic carbocycles. The Morgan fingerprint density at radius 2 is 0.970 bits per heavy atom. The summed E-state index contributed by atoms with van der Waals surface area (Å²) in [6.45, 7) is 7.82. The minimum absolute atomic E-state index is 0.981. The van der Waals surface area contributed by atoms with Gasteiger partial charge in [0, 0.05) is 28.1 Å². The van der Waals surface area contributed by atoms with Gasteiger partial charge >= 0.3 is 0 Å². The zero-order valence-corrected chi connectivity index (χ0v) is 20.6. The van der Waals surface area contributed by atoms with Crippen LogP contribution >= 0.6 is 0 Å². The SMILES string of the molecule is CCCCCc1ccc2c(ccc3c4ccc5cc(CCCCC)ccc5c4n(CC)c23)c1. The van der Waals surface area contributed by atoms with E-state index in [1.54, 1.807) is 0 Å². The van der Waals surface area contributed by atoms with Crippen molar-refractivity contribution in [2.24, 2.45) is 0 Å². The molecule has 5 aromatic rings. The summed E-state index contributed by atoms with van der Waals surface area (Å²) < 4.78 is 2.56. The molecule has 0 aliphatic rings. The van der Waals surface area contributed by atoms with Gasteiger partial charge in [-0.15, -0.1) is 0 Å². The molecule has 0 atom stereocenters. The van der Waals surface area contributed by atoms with Crippen molar-refractivity contribution in [2.45, 2.75) is 78.7 Å². The van der Waals surface area contributed by atoms with Gasteiger partial charge in [0.1, 0.15) is 0 Å². The fourth-order valence-corrected chi connectivity index (χ4v) is 5.64. The summed E-state index contributed by atoms with van der Waals surface area (Å²) >= 11 is 0. The van der Waals surface area contributed by atoms with E-state index in [2.05, 4.69) is 86.0 Å². The van der Waals surface area contributed by atoms with Gasteiger partial charge in [0.15, 0.2) is 0 Å². The molecule has 170 valence electrons. The third kappa shape index (κ3) is 4.03. The first kappa shape index (κ1) is 22.0. The highest BCUT2D eigenvalue weighted by molar-refractivity contribution is 6.23. The van der Waals surface area contributed by atoms with Crippen LogP contribution in [0.2, 0.25) is 0 Å². The fraction of sp³-hybridized carbons (Fsp3) is 0.375. The third-order valence-corrected chi connectivity index (χ3v) is 7.40. The molecule has 5 rings (SSSR count). The molecule has 0 saturated carbocycles. The van der Waals surface area contributed by atoms with E-state index >= 15 is 0 Å². The van der Waals surface area contributed by atoms with Crippen molar-refractivity contribution in [1.82, 2.24) is 4.57 Å². The number of hydrogen-bond donors (Lipinski definition) is 0. The maximum Gasteiger partial charge on any atom is 0.0571 e. The van der Waals surface area contributed by atoms with Gasteiger partial charge in [-0.3, -0.25) is 0 Å². The first-order valence-electron chi connectivity index (χ1n) is 13.1. The largest absolute Gasteiger partial charge is 0.340 e. The highest BCUT2D eigenvalue weighted by Crippen LogP contribution is 2.38. The Hall–Kier alpha value is -2.80. The van der Waals surface area contributed by atoms with Gasteiger partial charge in [0.2, 0.25) is 0 Å². The topological polar surface area (TPSA) is 4.93 Å². The first-order valence-corrected chi connectivity index (χ1v) is 13.1. The molecular formula is C32H37N. The van der Waals surface area contributed by atoms with Crippen molar-refractivity contribution < 1.29 is 0 Å². The lowest BCUT2D eigenvalue weighted by molar-refractivity contribution is 0.718. The van der Waals surface area contributed by atoms with E-state index in [-0.39, 0.29) is 0 Å². The molecule has 0 saturated heterocycles. The Balaban J connectivity index is 1.67. The zero-order valence-electron chi connectivity index (χ0n) is 20.6. The number of aromatic nitrogens is 1. The van der Waals surface area contributed by atoms with E-state index in [1.807, 2.05) is 0 Å². The van der Waals surface area contributed by atoms with Crippen molar-refractivity contribution in [3.8, 4) is 0 Å². The summed E-state index contributed by atoms with van der Waals surface area (Å²) in [5.41, 5.74) is 5.72. The Bertz CT molecular complexity index is 1310. The summed E-state index contributed by atoms with van der Waals surface area (Å²) in [5.74, 6) is 0. The molecule has 4 aromatic carbocycles. The predicted molar refractivity (Wildman–Crippen MR) is 147 cm³/mol. The molecule has 1 nitrogen and oxygen atoms in total. The van der Waals surface area contributed by atoms with Gasteiger partial charge in [-0.2, -0.15) is 0 Å². The Labute approximate surface area is 198 Å². The smallest absolute Gasteiger partial charge is 0.0571 e. The van der Waals surface area contributed by atoms with Crippen molar-refractivity contribution >= 4 is 43.4 Å². The van der Waals surface area contributed by atoms with E-state index in [4.69, 9.17) is 0 Å². The normalized spacial score (nSPS) is 12.0. The molecular weight excluding hydrogens is 398 g/mol. The minimum atomic E-state index is 0.981. The Morgan fingerprint density at radius 3 is 1.39 bits per heavy atom. The van der Waals surface area contributed by atoms with E-state index in [9.17, 15) is 0 Å². The molecule has 0 N–H and O–H groups in total. The summed E-state index contributed by atoms with van der Waals surface area (Å²) in [4.78, 5) is 0. The number of aryl methyl sites for hydroxylation is 3. The lowest BCUT2D eigenvalue weighted by atomic mass is 9.99. The highest BCUT2D eigenvalue weighted by atomic mass is 15.0. The van der Waals surface area contributed by atoms with Gasteiger partial charge in [-0.1, -0.05) is 100 Å². The van der Waals surface area contributed by atoms with E-state index in [0.717, 1.165) is 6.54 Å². The molecule has 0 fully saturated rings. The third-order valence-electron chi connectivity index (χ3n) is 7.40. The highest BCUT2D eigenvalue weighted by Gasteiger charge is 2.15. The van der Waals surface area contributed by atoms with Crippen LogP contribution in [-0.2, 0) is 19.4 Å². The fourth-order valence-electron chi connectivity index (χ4n) is 5.64. The molecule has 0 aliphatic heterocycles. The first-order chi connectivity index (χ1) is 16.2. The lowest BCUT2D eigenvalue weighted by Gasteiger charge is -2.10. The predicted octanol–water partition coefficient (Wildman–Crippen LogP) is 9.59. The van der Waals surface area contributed by atoms with Crippen LogP contribution in [0.3, 0.4) is 0 Å². The standard InChI is InChI=1S/C32H37N/c1-4-7-9-11-23-13-17-27-25(21-23)15-19-29-30-20-16-26-22-24(12-10-8-5-2)14-18-28(26)32(30)33(6-3)31(27)29/h13-22H,4-12H2,1-3H3. The Kier molecular flexibility index (Phi) is 6.40. The number of benzene rings is 4. The van der Waals surface area contributed by atoms with Crippen LogP contribution in [0, 0.1) is 0 Å². The number of rotatable bonds is 9. The number of fused-ring (bicyclic) bond motifs is 7. The number of hydrogen-bond acceptors (Lipinski definition) is 0. The maximum absolute atomic E-state index is 2.56. The van der Waals surface area contributed by atoms with Gasteiger partial charge < -0.3 is 4.57 Å². The molecule has 1 heteroatoms. The van der Waals surface area contributed by atoms with Crippen LogP contribution < -0.4 is 0 Å². The second kappa shape index (κ2) is 9.59. The molecule has 0 unspecified atom stereocenters. The number of nitrogens with zero attached hydrogens (tertiary/aromatic N) is 1. The second-order valence-corrected chi connectivity index (χ2v) is 9.69. The van der Waals surface area contributed by atoms with Gasteiger partial charge in [-0.25, -0.2) is 0 Å². The lowest BCUT2D eigenvalue weighted by Crippen LogP contribution is -1.95. The summed E-state index contributed by atoms with van der Waals surface area (Å²) in [6, 6.07) is 23.7. The zero-order chi connectivity index (χ0) is 22.8. The Morgan fingerprint density at radius 1 is 0.515 bits per heavy atom. The van der Waals surface area contributed by atoms with E-state index in [0.29, 0.717) is 0 Å². The summed E-state index contributed by atoms with van der Waals surface area (Å²) in [7, 11) is 0. The van der Waals surface area contributed by atoms with Crippen LogP contribution in [0.25, 0.3) is 43.4 Å². The molecule has 1 aromatic heterocycles. The van der Waals surface area contributed by atoms with E-state index < -0.39 is 0 Å². The average molecular weight is 436 g/mol. The van der Waals surface area contributed by atoms with Gasteiger partial charge in [0.25, 0.3) is 0 Å². The quantitative estimate of drug-likeness (QED) is 0.203. The van der Waals surface area contributed by atoms with Crippen LogP contribution in [0.1, 0.15) is 70.4 Å². The van der Waals surface area contributed by atoms with Crippen LogP contribution in [0.15, 0.2) is 60.7 Å². The minimum Gasteiger partial charge on any atom is -0.340 e. The van der Waals surface area contributed by atoms with Crippen molar-refractivity contribution in [2.75, 3.05) is 0 Å². The monoisotopic (exact) mass is 435 g/mol. The van der Waals surface area contributed by atoms with Gasteiger partial charge in [-0.05, 0) is 54.5 Å². The van der Waals surface area contributed by atoms with Crippen LogP contribution in [0.5, 0.6) is 0 Å². The van der Waals surface area contributed by atoms with Crippen molar-refractivity contribution in [3.05, 3.63) is 71.8 Å². The molecule has 0 amide bonds. The molecule has 1 heterocycles. The maximum atomic E-state index is 2.56. The van der Waals surface area contributed by atoms with E-state index in [1.165, 1.54) is 106 Å². The van der Waals surface area contributed by atoms with Crippen molar-refractivity contribution in [3.63, 3.8) is 0 Å². The molecule has 0 bridgehead atoms. The van der Waals surface area contributed by atoms with Gasteiger partial charge in [0.05, 0.1) is 11.0 Å². The average Bonchev–Trinajstić information content (AvgIpc) is 3.18. The van der Waals surface area contributed by atoms with Crippen LogP contribution in [-0.4, -0.2) is 4.57 Å².